The van der Waals surface area contributed by atoms with Crippen LogP contribution < -0.4 is 0 Å². The highest BCUT2D eigenvalue weighted by Crippen LogP contribution is 2.38. The molecular weight excluding hydrogens is 296 g/mol. The first-order valence-corrected chi connectivity index (χ1v) is 6.57. The lowest BCUT2D eigenvalue weighted by molar-refractivity contribution is -0.198. The molecule has 1 N–H and O–H groups in total. The number of hydrogen-bond donors (Lipinski definition) is 1. The molecule has 0 spiro atoms. The van der Waals surface area contributed by atoms with Gasteiger partial charge in [0.1, 0.15) is 0 Å². The molecule has 0 saturated carbocycles. The summed E-state index contributed by atoms with van der Waals surface area (Å²) in [5.41, 5.74) is 0. The van der Waals surface area contributed by atoms with Crippen LogP contribution in [0.2, 0.25) is 0 Å². The van der Waals surface area contributed by atoms with Crippen LogP contribution in [0.25, 0.3) is 0 Å². The molecule has 10 heteroatoms. The summed E-state index contributed by atoms with van der Waals surface area (Å²) in [6.45, 7) is 2.36. The number of halogens is 4. The molecule has 0 aliphatic rings. The average molecular weight is 310 g/mol. The minimum absolute atomic E-state index is 0.275. The van der Waals surface area contributed by atoms with Gasteiger partial charge in [-0.05, 0) is 5.92 Å². The first-order chi connectivity index (χ1) is 8.24. The summed E-state index contributed by atoms with van der Waals surface area (Å²) < 4.78 is 83.7. The molecule has 114 valence electrons. The van der Waals surface area contributed by atoms with E-state index < -0.39 is 39.8 Å². The first kappa shape index (κ1) is 18.1. The molecule has 19 heavy (non-hydrogen) atoms. The number of hydrogen-bond acceptors (Lipinski definition) is 4. The third kappa shape index (κ3) is 4.03. The lowest BCUT2D eigenvalue weighted by Gasteiger charge is -2.24. The van der Waals surface area contributed by atoms with E-state index in [1.165, 1.54) is 6.92 Å². The molecule has 0 aromatic carbocycles. The zero-order chi connectivity index (χ0) is 15.6. The van der Waals surface area contributed by atoms with Gasteiger partial charge in [-0.25, -0.2) is 0 Å². The molecule has 0 fully saturated rings. The van der Waals surface area contributed by atoms with E-state index in [-0.39, 0.29) is 5.92 Å². The van der Waals surface area contributed by atoms with Crippen molar-refractivity contribution in [1.82, 2.24) is 0 Å². The second-order valence-electron chi connectivity index (χ2n) is 4.34. The van der Waals surface area contributed by atoms with Gasteiger partial charge in [0.2, 0.25) is 0 Å². The number of carbonyl (C=O) groups excluding carboxylic acids is 1. The number of esters is 1. The van der Waals surface area contributed by atoms with E-state index in [4.69, 9.17) is 4.55 Å². The summed E-state index contributed by atoms with van der Waals surface area (Å²) in [6.07, 6.45) is 0. The molecule has 0 aromatic rings. The van der Waals surface area contributed by atoms with Gasteiger partial charge >= 0.3 is 27.3 Å². The monoisotopic (exact) mass is 310 g/mol. The van der Waals surface area contributed by atoms with Crippen molar-refractivity contribution >= 4 is 16.1 Å². The summed E-state index contributed by atoms with van der Waals surface area (Å²) >= 11 is 0. The second-order valence-corrected chi connectivity index (χ2v) is 5.80. The predicted octanol–water partition coefficient (Wildman–Crippen LogP) is 1.94. The molecule has 0 aliphatic heterocycles. The Morgan fingerprint density at radius 3 is 1.95 bits per heavy atom. The minimum atomic E-state index is -6.32. The number of ether oxygens (including phenoxy) is 1. The highest BCUT2D eigenvalue weighted by molar-refractivity contribution is 7.87. The van der Waals surface area contributed by atoms with Crippen LogP contribution in [-0.4, -0.2) is 36.7 Å². The quantitative estimate of drug-likeness (QED) is 0.461. The average Bonchev–Trinajstić information content (AvgIpc) is 2.22. The van der Waals surface area contributed by atoms with Crippen molar-refractivity contribution < 1.29 is 40.1 Å². The third-order valence-corrected chi connectivity index (χ3v) is 3.46. The van der Waals surface area contributed by atoms with Crippen LogP contribution in [0.3, 0.4) is 0 Å². The number of rotatable bonds is 6. The molecule has 0 saturated heterocycles. The van der Waals surface area contributed by atoms with Crippen molar-refractivity contribution in [2.24, 2.45) is 11.8 Å². The fourth-order valence-corrected chi connectivity index (χ4v) is 1.27. The summed E-state index contributed by atoms with van der Waals surface area (Å²) in [4.78, 5) is 11.2. The fraction of sp³-hybridized carbons (Fsp3) is 0.889. The molecule has 0 aliphatic carbocycles. The SMILES string of the molecule is CC(C)C(C)C(=O)OCC(F)(F)C(F)(F)S(=O)(=O)O. The van der Waals surface area contributed by atoms with Gasteiger partial charge in [-0.15, -0.1) is 0 Å². The van der Waals surface area contributed by atoms with Crippen molar-refractivity contribution in [3.8, 4) is 0 Å². The van der Waals surface area contributed by atoms with Crippen LogP contribution in [0.5, 0.6) is 0 Å². The van der Waals surface area contributed by atoms with Crippen LogP contribution in [0.1, 0.15) is 20.8 Å². The van der Waals surface area contributed by atoms with Crippen LogP contribution in [-0.2, 0) is 19.6 Å². The van der Waals surface area contributed by atoms with Gasteiger partial charge in [-0.1, -0.05) is 20.8 Å². The van der Waals surface area contributed by atoms with Gasteiger partial charge in [0.05, 0.1) is 5.92 Å². The molecule has 0 heterocycles. The van der Waals surface area contributed by atoms with E-state index in [0.29, 0.717) is 0 Å². The van der Waals surface area contributed by atoms with Crippen molar-refractivity contribution in [3.05, 3.63) is 0 Å². The molecule has 0 radical (unpaired) electrons. The van der Waals surface area contributed by atoms with E-state index in [1.54, 1.807) is 13.8 Å². The van der Waals surface area contributed by atoms with E-state index in [0.717, 1.165) is 0 Å². The highest BCUT2D eigenvalue weighted by atomic mass is 32.2. The Bertz CT molecular complexity index is 432. The van der Waals surface area contributed by atoms with E-state index in [1.807, 2.05) is 0 Å². The van der Waals surface area contributed by atoms with Crippen molar-refractivity contribution in [2.75, 3.05) is 6.61 Å². The number of carbonyl (C=O) groups is 1. The Kier molecular flexibility index (Phi) is 5.35. The van der Waals surface area contributed by atoms with Gasteiger partial charge in [-0.3, -0.25) is 9.35 Å². The minimum Gasteiger partial charge on any atom is -0.459 e. The topological polar surface area (TPSA) is 80.7 Å². The van der Waals surface area contributed by atoms with E-state index >= 15 is 0 Å². The van der Waals surface area contributed by atoms with Gasteiger partial charge in [0.15, 0.2) is 6.61 Å². The molecule has 5 nitrogen and oxygen atoms in total. The Hall–Kier alpha value is -0.900. The maximum absolute atomic E-state index is 13.0. The van der Waals surface area contributed by atoms with Crippen LogP contribution >= 0.6 is 0 Å². The molecule has 0 amide bonds. The van der Waals surface area contributed by atoms with Gasteiger partial charge in [0, 0.05) is 0 Å². The molecule has 1 atom stereocenters. The smallest absolute Gasteiger partial charge is 0.435 e. The molecule has 1 unspecified atom stereocenters. The largest absolute Gasteiger partial charge is 0.459 e. The van der Waals surface area contributed by atoms with Crippen molar-refractivity contribution in [3.63, 3.8) is 0 Å². The summed E-state index contributed by atoms with van der Waals surface area (Å²) in [5, 5.41) is -5.73. The molecule has 0 bridgehead atoms. The summed E-state index contributed by atoms with van der Waals surface area (Å²) in [6, 6.07) is 0. The summed E-state index contributed by atoms with van der Waals surface area (Å²) in [5.74, 6) is -7.49. The lowest BCUT2D eigenvalue weighted by atomic mass is 9.99. The zero-order valence-electron chi connectivity index (χ0n) is 10.4. The van der Waals surface area contributed by atoms with Crippen molar-refractivity contribution in [1.29, 1.82) is 0 Å². The van der Waals surface area contributed by atoms with E-state index in [9.17, 15) is 30.8 Å². The fourth-order valence-electron chi connectivity index (χ4n) is 0.838. The standard InChI is InChI=1S/C9H14F4O5S/c1-5(2)6(3)7(14)18-4-8(10,11)9(12,13)19(15,16)17/h5-6H,4H2,1-3H3,(H,15,16,17). The number of alkyl halides is 4. The Morgan fingerprint density at radius 2 is 1.63 bits per heavy atom. The Balaban J connectivity index is 4.87. The summed E-state index contributed by atoms with van der Waals surface area (Å²) in [7, 11) is -6.32. The normalized spacial score (nSPS) is 15.4. The predicted molar refractivity (Wildman–Crippen MR) is 56.4 cm³/mol. The van der Waals surface area contributed by atoms with Crippen LogP contribution in [0.4, 0.5) is 17.6 Å². The Labute approximate surface area is 107 Å². The van der Waals surface area contributed by atoms with Gasteiger partial charge in [0.25, 0.3) is 0 Å². The zero-order valence-corrected chi connectivity index (χ0v) is 11.2. The first-order valence-electron chi connectivity index (χ1n) is 5.13. The van der Waals surface area contributed by atoms with Crippen LogP contribution in [0.15, 0.2) is 0 Å². The van der Waals surface area contributed by atoms with Gasteiger partial charge < -0.3 is 4.74 Å². The third-order valence-electron chi connectivity index (χ3n) is 2.52. The van der Waals surface area contributed by atoms with E-state index in [2.05, 4.69) is 4.74 Å². The molecular formula is C9H14F4O5S. The second kappa shape index (κ2) is 5.61. The molecule has 0 rings (SSSR count). The highest BCUT2D eigenvalue weighted by Gasteiger charge is 2.66. The Morgan fingerprint density at radius 1 is 1.21 bits per heavy atom. The van der Waals surface area contributed by atoms with Crippen LogP contribution in [0, 0.1) is 11.8 Å². The molecule has 0 aromatic heterocycles. The maximum atomic E-state index is 13.0. The lowest BCUT2D eigenvalue weighted by Crippen LogP contribution is -2.50. The maximum Gasteiger partial charge on any atom is 0.435 e. The van der Waals surface area contributed by atoms with Crippen molar-refractivity contribution in [2.45, 2.75) is 31.9 Å². The van der Waals surface area contributed by atoms with Gasteiger partial charge in [-0.2, -0.15) is 26.0 Å².